The first kappa shape index (κ1) is 16.6. The van der Waals surface area contributed by atoms with E-state index in [1.807, 2.05) is 28.8 Å². The maximum atomic E-state index is 9.97. The van der Waals surface area contributed by atoms with Crippen LogP contribution in [0, 0.1) is 13.8 Å². The van der Waals surface area contributed by atoms with E-state index in [4.69, 9.17) is 4.74 Å². The van der Waals surface area contributed by atoms with Gasteiger partial charge in [-0.25, -0.2) is 0 Å². The second-order valence-electron chi connectivity index (χ2n) is 5.25. The number of aryl methyl sites for hydroxylation is 2. The van der Waals surface area contributed by atoms with Gasteiger partial charge < -0.3 is 15.2 Å². The van der Waals surface area contributed by atoms with Crippen LogP contribution >= 0.6 is 22.7 Å². The number of aliphatic hydroxyl groups excluding tert-OH is 1. The summed E-state index contributed by atoms with van der Waals surface area (Å²) in [5.41, 5.74) is 1.32. The molecule has 2 rings (SSSR count). The van der Waals surface area contributed by atoms with Crippen LogP contribution in [0.2, 0.25) is 0 Å². The van der Waals surface area contributed by atoms with Gasteiger partial charge in [-0.1, -0.05) is 6.07 Å². The molecule has 2 aromatic heterocycles. The third-order valence-corrected chi connectivity index (χ3v) is 5.17. The van der Waals surface area contributed by atoms with Crippen LogP contribution in [-0.4, -0.2) is 24.4 Å². The predicted octanol–water partition coefficient (Wildman–Crippen LogP) is 3.65. The quantitative estimate of drug-likeness (QED) is 0.778. The molecule has 3 nitrogen and oxygen atoms in total. The fraction of sp³-hybridized carbons (Fsp3) is 0.500. The Balaban J connectivity index is 1.68. The SMILES string of the molecule is Cc1cc(C(C)NCC(O)COCc2cccs2)c(C)s1. The molecule has 0 aliphatic heterocycles. The fourth-order valence-corrected chi connectivity index (χ4v) is 3.92. The van der Waals surface area contributed by atoms with E-state index in [-0.39, 0.29) is 6.04 Å². The first-order valence-electron chi connectivity index (χ1n) is 7.14. The minimum Gasteiger partial charge on any atom is -0.389 e. The Kier molecular flexibility index (Phi) is 6.39. The Hall–Kier alpha value is -0.720. The third kappa shape index (κ3) is 5.20. The van der Waals surface area contributed by atoms with Gasteiger partial charge in [0.05, 0.1) is 19.3 Å². The Morgan fingerprint density at radius 1 is 1.38 bits per heavy atom. The molecule has 21 heavy (non-hydrogen) atoms. The van der Waals surface area contributed by atoms with Gasteiger partial charge in [-0.3, -0.25) is 0 Å². The number of thiophene rings is 2. The Morgan fingerprint density at radius 2 is 2.19 bits per heavy atom. The zero-order valence-corrected chi connectivity index (χ0v) is 14.4. The van der Waals surface area contributed by atoms with Crippen molar-refractivity contribution in [3.63, 3.8) is 0 Å². The summed E-state index contributed by atoms with van der Waals surface area (Å²) in [6.45, 7) is 7.88. The van der Waals surface area contributed by atoms with Crippen molar-refractivity contribution in [2.45, 2.75) is 39.5 Å². The molecule has 2 aromatic rings. The molecule has 0 saturated heterocycles. The summed E-state index contributed by atoms with van der Waals surface area (Å²) >= 11 is 3.49. The highest BCUT2D eigenvalue weighted by molar-refractivity contribution is 7.12. The molecule has 2 unspecified atom stereocenters. The van der Waals surface area contributed by atoms with Gasteiger partial charge in [0.25, 0.3) is 0 Å². The van der Waals surface area contributed by atoms with Gasteiger partial charge in [0.1, 0.15) is 0 Å². The predicted molar refractivity (Wildman–Crippen MR) is 90.2 cm³/mol. The summed E-state index contributed by atoms with van der Waals surface area (Å²) in [4.78, 5) is 3.86. The molecule has 0 saturated carbocycles. The zero-order chi connectivity index (χ0) is 15.2. The number of aliphatic hydroxyl groups is 1. The number of hydrogen-bond acceptors (Lipinski definition) is 5. The topological polar surface area (TPSA) is 41.5 Å². The summed E-state index contributed by atoms with van der Waals surface area (Å²) in [7, 11) is 0. The third-order valence-electron chi connectivity index (χ3n) is 3.34. The second-order valence-corrected chi connectivity index (χ2v) is 7.74. The van der Waals surface area contributed by atoms with Crippen LogP contribution in [0.5, 0.6) is 0 Å². The Labute approximate surface area is 134 Å². The monoisotopic (exact) mass is 325 g/mol. The highest BCUT2D eigenvalue weighted by Crippen LogP contribution is 2.25. The van der Waals surface area contributed by atoms with Gasteiger partial charge in [-0.05, 0) is 43.8 Å². The minimum absolute atomic E-state index is 0.252. The zero-order valence-electron chi connectivity index (χ0n) is 12.8. The molecular formula is C16H23NO2S2. The van der Waals surface area contributed by atoms with Crippen LogP contribution in [-0.2, 0) is 11.3 Å². The molecule has 0 aliphatic rings. The van der Waals surface area contributed by atoms with Crippen molar-refractivity contribution < 1.29 is 9.84 Å². The summed E-state index contributed by atoms with van der Waals surface area (Å²) in [6.07, 6.45) is -0.479. The Bertz CT molecular complexity index is 536. The van der Waals surface area contributed by atoms with Gasteiger partial charge in [0.2, 0.25) is 0 Å². The van der Waals surface area contributed by atoms with E-state index in [1.54, 1.807) is 11.3 Å². The highest BCUT2D eigenvalue weighted by atomic mass is 32.1. The molecule has 2 N–H and O–H groups in total. The maximum absolute atomic E-state index is 9.97. The lowest BCUT2D eigenvalue weighted by atomic mass is 10.1. The van der Waals surface area contributed by atoms with Gasteiger partial charge in [0.15, 0.2) is 0 Å². The molecule has 0 aliphatic carbocycles. The molecule has 0 aromatic carbocycles. The summed E-state index contributed by atoms with van der Waals surface area (Å²) in [5, 5.41) is 15.4. The standard InChI is InChI=1S/C16H23NO2S2/c1-11-7-16(13(3)21-11)12(2)17-8-14(18)9-19-10-15-5-4-6-20-15/h4-7,12,14,17-18H,8-10H2,1-3H3. The van der Waals surface area contributed by atoms with Crippen LogP contribution in [0.25, 0.3) is 0 Å². The number of nitrogens with one attached hydrogen (secondary N) is 1. The summed E-state index contributed by atoms with van der Waals surface area (Å²) in [6, 6.07) is 6.52. The van der Waals surface area contributed by atoms with E-state index in [9.17, 15) is 5.11 Å². The van der Waals surface area contributed by atoms with Gasteiger partial charge in [0, 0.05) is 27.2 Å². The first-order valence-corrected chi connectivity index (χ1v) is 8.84. The van der Waals surface area contributed by atoms with Crippen LogP contribution in [0.3, 0.4) is 0 Å². The van der Waals surface area contributed by atoms with E-state index >= 15 is 0 Å². The van der Waals surface area contributed by atoms with E-state index in [0.29, 0.717) is 19.8 Å². The molecule has 0 bridgehead atoms. The van der Waals surface area contributed by atoms with Gasteiger partial charge >= 0.3 is 0 Å². The summed E-state index contributed by atoms with van der Waals surface area (Å²) < 4.78 is 5.53. The lowest BCUT2D eigenvalue weighted by Crippen LogP contribution is -2.32. The highest BCUT2D eigenvalue weighted by Gasteiger charge is 2.13. The number of rotatable bonds is 8. The number of ether oxygens (including phenoxy) is 1. The largest absolute Gasteiger partial charge is 0.389 e. The van der Waals surface area contributed by atoms with E-state index in [0.717, 1.165) is 0 Å². The van der Waals surface area contributed by atoms with Crippen molar-refractivity contribution >= 4 is 22.7 Å². The smallest absolute Gasteiger partial charge is 0.0898 e. The average Bonchev–Trinajstić information content (AvgIpc) is 3.06. The second kappa shape index (κ2) is 8.06. The normalized spacial score (nSPS) is 14.3. The van der Waals surface area contributed by atoms with E-state index < -0.39 is 6.10 Å². The lowest BCUT2D eigenvalue weighted by molar-refractivity contribution is 0.0288. The van der Waals surface area contributed by atoms with Crippen molar-refractivity contribution in [1.29, 1.82) is 0 Å². The van der Waals surface area contributed by atoms with Crippen molar-refractivity contribution in [2.24, 2.45) is 0 Å². The molecule has 2 heterocycles. The van der Waals surface area contributed by atoms with E-state index in [1.165, 1.54) is 20.2 Å². The Morgan fingerprint density at radius 3 is 2.81 bits per heavy atom. The molecule has 0 fully saturated rings. The molecular weight excluding hydrogens is 302 g/mol. The van der Waals surface area contributed by atoms with Crippen LogP contribution < -0.4 is 5.32 Å². The van der Waals surface area contributed by atoms with Crippen LogP contribution in [0.15, 0.2) is 23.6 Å². The molecule has 5 heteroatoms. The molecule has 116 valence electrons. The minimum atomic E-state index is -0.479. The van der Waals surface area contributed by atoms with Crippen molar-refractivity contribution in [2.75, 3.05) is 13.2 Å². The average molecular weight is 325 g/mol. The van der Waals surface area contributed by atoms with E-state index in [2.05, 4.69) is 32.2 Å². The first-order chi connectivity index (χ1) is 10.1. The van der Waals surface area contributed by atoms with Crippen LogP contribution in [0.1, 0.15) is 33.2 Å². The van der Waals surface area contributed by atoms with Gasteiger partial charge in [-0.2, -0.15) is 0 Å². The van der Waals surface area contributed by atoms with Crippen LogP contribution in [0.4, 0.5) is 0 Å². The van der Waals surface area contributed by atoms with Crippen molar-refractivity contribution in [3.05, 3.63) is 43.8 Å². The molecule has 2 atom stereocenters. The number of hydrogen-bond donors (Lipinski definition) is 2. The fourth-order valence-electron chi connectivity index (χ4n) is 2.25. The maximum Gasteiger partial charge on any atom is 0.0898 e. The van der Waals surface area contributed by atoms with Gasteiger partial charge in [-0.15, -0.1) is 22.7 Å². The molecule has 0 radical (unpaired) electrons. The summed E-state index contributed by atoms with van der Waals surface area (Å²) in [5.74, 6) is 0. The van der Waals surface area contributed by atoms with Crippen molar-refractivity contribution in [3.8, 4) is 0 Å². The lowest BCUT2D eigenvalue weighted by Gasteiger charge is -2.17. The molecule has 0 spiro atoms. The van der Waals surface area contributed by atoms with Crippen molar-refractivity contribution in [1.82, 2.24) is 5.32 Å². The molecule has 0 amide bonds.